The Hall–Kier alpha value is -2.92. The SMILES string of the molecule is C=C/C(=C\NN)c1cnn2c(N)c(Br)c(C3CCC4C(=O)NC(=O)N4C3)nc12. The van der Waals surface area contributed by atoms with Gasteiger partial charge in [0.05, 0.1) is 16.4 Å². The van der Waals surface area contributed by atoms with Gasteiger partial charge >= 0.3 is 6.03 Å². The Bertz CT molecular complexity index is 1030. The van der Waals surface area contributed by atoms with Gasteiger partial charge in [-0.05, 0) is 28.8 Å². The first-order valence-corrected chi connectivity index (χ1v) is 9.48. The number of aromatic nitrogens is 3. The highest BCUT2D eigenvalue weighted by molar-refractivity contribution is 9.10. The molecular formula is C17H19BrN8O2. The third-order valence-electron chi connectivity index (χ3n) is 5.18. The third kappa shape index (κ3) is 2.74. The van der Waals surface area contributed by atoms with Gasteiger partial charge in [0, 0.05) is 29.8 Å². The molecule has 0 radical (unpaired) electrons. The number of carbonyl (C=O) groups excluding carboxylic acids is 2. The monoisotopic (exact) mass is 446 g/mol. The summed E-state index contributed by atoms with van der Waals surface area (Å²) >= 11 is 3.53. The van der Waals surface area contributed by atoms with Crippen LogP contribution in [0.3, 0.4) is 0 Å². The van der Waals surface area contributed by atoms with Crippen LogP contribution in [0.25, 0.3) is 11.2 Å². The standard InChI is InChI=1S/C17H19BrN8O2/c1-2-8(5-21-20)10-6-22-26-14(19)12(18)13(23-15(10)26)9-3-4-11-16(27)24-17(28)25(11)7-9/h2,5-6,9,11,21H,1,3-4,7,19-20H2,(H,24,27,28)/b8-5+. The molecule has 2 aromatic heterocycles. The summed E-state index contributed by atoms with van der Waals surface area (Å²) in [5.41, 5.74) is 11.5. The van der Waals surface area contributed by atoms with E-state index in [-0.39, 0.29) is 17.9 Å². The van der Waals surface area contributed by atoms with E-state index in [1.807, 2.05) is 0 Å². The van der Waals surface area contributed by atoms with Gasteiger partial charge in [0.25, 0.3) is 5.91 Å². The Labute approximate surface area is 168 Å². The van der Waals surface area contributed by atoms with Crippen LogP contribution in [0.1, 0.15) is 30.0 Å². The number of nitrogens with one attached hydrogen (secondary N) is 2. The number of nitrogens with two attached hydrogens (primary N) is 2. The molecular weight excluding hydrogens is 428 g/mol. The van der Waals surface area contributed by atoms with Crippen LogP contribution in [0.4, 0.5) is 10.6 Å². The highest BCUT2D eigenvalue weighted by Gasteiger charge is 2.43. The number of amides is 3. The minimum Gasteiger partial charge on any atom is -0.383 e. The number of fused-ring (bicyclic) bond motifs is 2. The summed E-state index contributed by atoms with van der Waals surface area (Å²) in [4.78, 5) is 30.3. The van der Waals surface area contributed by atoms with Crippen molar-refractivity contribution in [3.8, 4) is 0 Å². The van der Waals surface area contributed by atoms with E-state index >= 15 is 0 Å². The predicted octanol–water partition coefficient (Wildman–Crippen LogP) is 0.862. The summed E-state index contributed by atoms with van der Waals surface area (Å²) < 4.78 is 2.17. The Kier molecular flexibility index (Phi) is 4.55. The summed E-state index contributed by atoms with van der Waals surface area (Å²) in [6, 6.07) is -0.763. The van der Waals surface area contributed by atoms with Gasteiger partial charge in [-0.3, -0.25) is 16.0 Å². The molecule has 2 fully saturated rings. The quantitative estimate of drug-likeness (QED) is 0.236. The maximum absolute atomic E-state index is 12.1. The summed E-state index contributed by atoms with van der Waals surface area (Å²) in [7, 11) is 0. The van der Waals surface area contributed by atoms with Crippen LogP contribution in [0, 0.1) is 0 Å². The summed E-state index contributed by atoms with van der Waals surface area (Å²) in [6.45, 7) is 4.18. The van der Waals surface area contributed by atoms with Crippen molar-refractivity contribution in [3.05, 3.63) is 40.8 Å². The number of carbonyl (C=O) groups is 2. The molecule has 11 heteroatoms. The molecule has 4 heterocycles. The van der Waals surface area contributed by atoms with Crippen molar-refractivity contribution >= 4 is 44.9 Å². The number of rotatable bonds is 4. The average molecular weight is 447 g/mol. The molecule has 2 atom stereocenters. The van der Waals surface area contributed by atoms with E-state index in [9.17, 15) is 9.59 Å². The largest absolute Gasteiger partial charge is 0.383 e. The van der Waals surface area contributed by atoms with E-state index in [0.717, 1.165) is 11.3 Å². The number of allylic oxidation sites excluding steroid dienone is 2. The molecule has 0 aliphatic carbocycles. The topological polar surface area (TPSA) is 144 Å². The summed E-state index contributed by atoms with van der Waals surface area (Å²) in [5, 5.41) is 6.68. The number of nitrogen functional groups attached to an aromatic ring is 1. The second-order valence-electron chi connectivity index (χ2n) is 6.70. The van der Waals surface area contributed by atoms with Crippen molar-refractivity contribution in [2.45, 2.75) is 24.8 Å². The van der Waals surface area contributed by atoms with Crippen LogP contribution < -0.4 is 22.3 Å². The van der Waals surface area contributed by atoms with E-state index < -0.39 is 6.04 Å². The summed E-state index contributed by atoms with van der Waals surface area (Å²) in [5.74, 6) is 5.50. The van der Waals surface area contributed by atoms with Crippen molar-refractivity contribution in [1.29, 1.82) is 0 Å². The number of hydrogen-bond donors (Lipinski definition) is 4. The molecule has 0 bridgehead atoms. The van der Waals surface area contributed by atoms with Gasteiger partial charge in [0.2, 0.25) is 0 Å². The van der Waals surface area contributed by atoms with E-state index in [1.165, 1.54) is 4.52 Å². The molecule has 2 aliphatic rings. The van der Waals surface area contributed by atoms with E-state index in [0.29, 0.717) is 40.9 Å². The number of imide groups is 1. The van der Waals surface area contributed by atoms with Gasteiger partial charge in [-0.1, -0.05) is 12.7 Å². The minimum atomic E-state index is -0.403. The van der Waals surface area contributed by atoms with Crippen LogP contribution in [0.15, 0.2) is 29.5 Å². The van der Waals surface area contributed by atoms with Crippen molar-refractivity contribution in [3.63, 3.8) is 0 Å². The molecule has 28 heavy (non-hydrogen) atoms. The van der Waals surface area contributed by atoms with Crippen LogP contribution >= 0.6 is 15.9 Å². The Morgan fingerprint density at radius 3 is 2.93 bits per heavy atom. The van der Waals surface area contributed by atoms with Crippen molar-refractivity contribution in [1.82, 2.24) is 30.2 Å². The van der Waals surface area contributed by atoms with Crippen molar-refractivity contribution in [2.75, 3.05) is 12.3 Å². The van der Waals surface area contributed by atoms with Gasteiger partial charge in [0.1, 0.15) is 11.9 Å². The number of halogens is 1. The Morgan fingerprint density at radius 1 is 1.43 bits per heavy atom. The molecule has 2 unspecified atom stereocenters. The molecule has 2 saturated heterocycles. The van der Waals surface area contributed by atoms with Gasteiger partial charge < -0.3 is 16.1 Å². The lowest BCUT2D eigenvalue weighted by molar-refractivity contribution is -0.122. The lowest BCUT2D eigenvalue weighted by atomic mass is 9.90. The smallest absolute Gasteiger partial charge is 0.324 e. The van der Waals surface area contributed by atoms with E-state index in [2.05, 4.69) is 38.4 Å². The fraction of sp³-hybridized carbons (Fsp3) is 0.294. The number of hydrogen-bond acceptors (Lipinski definition) is 7. The lowest BCUT2D eigenvalue weighted by Crippen LogP contribution is -2.42. The predicted molar refractivity (Wildman–Crippen MR) is 107 cm³/mol. The molecule has 0 spiro atoms. The minimum absolute atomic E-state index is 0.0684. The molecule has 4 rings (SSSR count). The maximum atomic E-state index is 12.1. The molecule has 0 aromatic carbocycles. The lowest BCUT2D eigenvalue weighted by Gasteiger charge is -2.33. The van der Waals surface area contributed by atoms with Crippen LogP contribution in [-0.4, -0.2) is 44.0 Å². The van der Waals surface area contributed by atoms with Crippen molar-refractivity contribution < 1.29 is 9.59 Å². The Balaban J connectivity index is 1.78. The van der Waals surface area contributed by atoms with Gasteiger partial charge in [-0.2, -0.15) is 9.61 Å². The van der Waals surface area contributed by atoms with Crippen LogP contribution in [-0.2, 0) is 4.79 Å². The first kappa shape index (κ1) is 18.4. The molecule has 2 aliphatic heterocycles. The molecule has 146 valence electrons. The van der Waals surface area contributed by atoms with Crippen LogP contribution in [0.5, 0.6) is 0 Å². The zero-order valence-electron chi connectivity index (χ0n) is 14.9. The molecule has 2 aromatic rings. The van der Waals surface area contributed by atoms with E-state index in [1.54, 1.807) is 23.4 Å². The van der Waals surface area contributed by atoms with E-state index in [4.69, 9.17) is 16.6 Å². The zero-order valence-corrected chi connectivity index (χ0v) is 16.4. The molecule has 3 amide bonds. The number of anilines is 1. The fourth-order valence-electron chi connectivity index (χ4n) is 3.78. The molecule has 10 nitrogen and oxygen atoms in total. The molecule has 0 saturated carbocycles. The maximum Gasteiger partial charge on any atom is 0.324 e. The average Bonchev–Trinajstić information content (AvgIpc) is 3.23. The highest BCUT2D eigenvalue weighted by Crippen LogP contribution is 2.37. The zero-order chi connectivity index (χ0) is 20.0. The second-order valence-corrected chi connectivity index (χ2v) is 7.49. The number of hydrazine groups is 1. The fourth-order valence-corrected chi connectivity index (χ4v) is 4.36. The first-order valence-electron chi connectivity index (χ1n) is 8.69. The van der Waals surface area contributed by atoms with Crippen LogP contribution in [0.2, 0.25) is 0 Å². The van der Waals surface area contributed by atoms with Crippen molar-refractivity contribution in [2.24, 2.45) is 5.84 Å². The number of nitrogens with zero attached hydrogens (tertiary/aromatic N) is 4. The highest BCUT2D eigenvalue weighted by atomic mass is 79.9. The third-order valence-corrected chi connectivity index (χ3v) is 5.99. The first-order chi connectivity index (χ1) is 13.5. The second kappa shape index (κ2) is 6.91. The van der Waals surface area contributed by atoms with Gasteiger partial charge in [-0.25, -0.2) is 9.78 Å². The molecule has 6 N–H and O–H groups in total. The normalized spacial score (nSPS) is 22.4. The number of urea groups is 1. The van der Waals surface area contributed by atoms with Gasteiger partial charge in [0.15, 0.2) is 5.65 Å². The number of piperidine rings is 1. The summed E-state index contributed by atoms with van der Waals surface area (Å²) in [6.07, 6.45) is 6.16. The Morgan fingerprint density at radius 2 is 2.21 bits per heavy atom. The van der Waals surface area contributed by atoms with Gasteiger partial charge in [-0.15, -0.1) is 0 Å².